The fourth-order valence-electron chi connectivity index (χ4n) is 1.44. The van der Waals surface area contributed by atoms with Crippen molar-refractivity contribution in [1.82, 2.24) is 9.97 Å². The van der Waals surface area contributed by atoms with Crippen LogP contribution in [0.2, 0.25) is 10.0 Å². The van der Waals surface area contributed by atoms with Crippen molar-refractivity contribution in [3.8, 4) is 0 Å². The Morgan fingerprint density at radius 1 is 1.30 bits per heavy atom. The van der Waals surface area contributed by atoms with Crippen molar-refractivity contribution < 1.29 is 4.92 Å². The molecule has 0 aliphatic heterocycles. The zero-order chi connectivity index (χ0) is 14.7. The number of nitrogens with one attached hydrogen (secondary N) is 1. The first kappa shape index (κ1) is 14.8. The van der Waals surface area contributed by atoms with Crippen molar-refractivity contribution in [3.05, 3.63) is 44.7 Å². The van der Waals surface area contributed by atoms with Gasteiger partial charge >= 0.3 is 5.69 Å². The van der Waals surface area contributed by atoms with Crippen LogP contribution < -0.4 is 5.32 Å². The lowest BCUT2D eigenvalue weighted by atomic mass is 10.4. The molecule has 104 valence electrons. The highest BCUT2D eigenvalue weighted by Gasteiger charge is 2.23. The van der Waals surface area contributed by atoms with Crippen molar-refractivity contribution in [2.24, 2.45) is 0 Å². The predicted octanol–water partition coefficient (Wildman–Crippen LogP) is 3.88. The molecule has 1 heterocycles. The quantitative estimate of drug-likeness (QED) is 0.520. The van der Waals surface area contributed by atoms with Crippen LogP contribution in [-0.4, -0.2) is 21.9 Å². The van der Waals surface area contributed by atoms with E-state index in [1.165, 1.54) is 6.33 Å². The largest absolute Gasteiger partial charge is 0.367 e. The summed E-state index contributed by atoms with van der Waals surface area (Å²) in [7, 11) is 1.56. The van der Waals surface area contributed by atoms with Gasteiger partial charge in [0.25, 0.3) is 0 Å². The number of rotatable bonds is 4. The van der Waals surface area contributed by atoms with E-state index < -0.39 is 4.92 Å². The van der Waals surface area contributed by atoms with E-state index >= 15 is 0 Å². The van der Waals surface area contributed by atoms with Crippen LogP contribution in [0.15, 0.2) is 34.4 Å². The van der Waals surface area contributed by atoms with Crippen LogP contribution in [0.25, 0.3) is 0 Å². The summed E-state index contributed by atoms with van der Waals surface area (Å²) < 4.78 is 0. The van der Waals surface area contributed by atoms with E-state index in [1.54, 1.807) is 25.2 Å². The van der Waals surface area contributed by atoms with Gasteiger partial charge in [-0.05, 0) is 18.2 Å². The number of hydrogen-bond donors (Lipinski definition) is 1. The van der Waals surface area contributed by atoms with Crippen molar-refractivity contribution in [3.63, 3.8) is 0 Å². The van der Waals surface area contributed by atoms with Gasteiger partial charge in [-0.15, -0.1) is 0 Å². The first-order valence-corrected chi connectivity index (χ1v) is 6.90. The van der Waals surface area contributed by atoms with Crippen LogP contribution in [0.4, 0.5) is 11.5 Å². The zero-order valence-corrected chi connectivity index (χ0v) is 12.5. The van der Waals surface area contributed by atoms with Gasteiger partial charge in [-0.1, -0.05) is 35.0 Å². The minimum atomic E-state index is -0.522. The standard InChI is InChI=1S/C11H8Cl2N4O2S/c1-14-10-9(17(18)19)11(16-5-15-10)20-6-2-3-7(12)8(13)4-6/h2-5H,1H3,(H,14,15,16). The van der Waals surface area contributed by atoms with Gasteiger partial charge in [-0.3, -0.25) is 10.1 Å². The summed E-state index contributed by atoms with van der Waals surface area (Å²) in [5.41, 5.74) is -0.175. The van der Waals surface area contributed by atoms with Gasteiger partial charge in [0, 0.05) is 11.9 Å². The summed E-state index contributed by atoms with van der Waals surface area (Å²) in [6, 6.07) is 4.96. The van der Waals surface area contributed by atoms with Gasteiger partial charge < -0.3 is 5.32 Å². The van der Waals surface area contributed by atoms with Gasteiger partial charge in [0.2, 0.25) is 5.82 Å². The summed E-state index contributed by atoms with van der Waals surface area (Å²) >= 11 is 12.9. The van der Waals surface area contributed by atoms with Crippen LogP contribution in [0, 0.1) is 10.1 Å². The maximum absolute atomic E-state index is 11.1. The minimum absolute atomic E-state index is 0.160. The van der Waals surface area contributed by atoms with E-state index in [0.717, 1.165) is 11.8 Å². The molecule has 1 aromatic carbocycles. The maximum atomic E-state index is 11.1. The average molecular weight is 331 g/mol. The number of anilines is 1. The van der Waals surface area contributed by atoms with Crippen LogP contribution in [0.1, 0.15) is 0 Å². The van der Waals surface area contributed by atoms with E-state index in [9.17, 15) is 10.1 Å². The Morgan fingerprint density at radius 2 is 2.05 bits per heavy atom. The fraction of sp³-hybridized carbons (Fsp3) is 0.0909. The molecule has 0 fully saturated rings. The smallest absolute Gasteiger partial charge is 0.343 e. The molecule has 0 unspecified atom stereocenters. The Bertz CT molecular complexity index is 669. The van der Waals surface area contributed by atoms with Crippen LogP contribution in [0.5, 0.6) is 0 Å². The molecule has 0 bridgehead atoms. The SMILES string of the molecule is CNc1ncnc(Sc2ccc(Cl)c(Cl)c2)c1[N+](=O)[O-]. The molecular formula is C11H8Cl2N4O2S. The third-order valence-corrected chi connectivity index (χ3v) is 4.03. The fourth-order valence-corrected chi connectivity index (χ4v) is 2.70. The lowest BCUT2D eigenvalue weighted by Crippen LogP contribution is -2.02. The van der Waals surface area contributed by atoms with Crippen molar-refractivity contribution >= 4 is 46.5 Å². The predicted molar refractivity (Wildman–Crippen MR) is 78.8 cm³/mol. The topological polar surface area (TPSA) is 81.0 Å². The maximum Gasteiger partial charge on any atom is 0.343 e. The van der Waals surface area contributed by atoms with Gasteiger partial charge in [-0.2, -0.15) is 0 Å². The molecule has 2 rings (SSSR count). The first-order chi connectivity index (χ1) is 9.52. The van der Waals surface area contributed by atoms with Crippen molar-refractivity contribution in [2.75, 3.05) is 12.4 Å². The second-order valence-corrected chi connectivity index (χ2v) is 5.44. The summed E-state index contributed by atoms with van der Waals surface area (Å²) in [6.45, 7) is 0. The number of hydrogen-bond acceptors (Lipinski definition) is 6. The van der Waals surface area contributed by atoms with Crippen LogP contribution >= 0.6 is 35.0 Å². The van der Waals surface area contributed by atoms with E-state index in [1.807, 2.05) is 0 Å². The van der Waals surface area contributed by atoms with E-state index in [4.69, 9.17) is 23.2 Å². The Labute approximate surface area is 128 Å². The second kappa shape index (κ2) is 6.25. The molecule has 0 aliphatic rings. The van der Waals surface area contributed by atoms with Gasteiger partial charge in [0.15, 0.2) is 5.03 Å². The molecule has 20 heavy (non-hydrogen) atoms. The highest BCUT2D eigenvalue weighted by molar-refractivity contribution is 7.99. The monoisotopic (exact) mass is 330 g/mol. The highest BCUT2D eigenvalue weighted by atomic mass is 35.5. The number of nitro groups is 1. The molecule has 6 nitrogen and oxygen atoms in total. The number of nitrogens with zero attached hydrogens (tertiary/aromatic N) is 3. The molecular weight excluding hydrogens is 323 g/mol. The molecule has 0 saturated carbocycles. The molecule has 0 atom stereocenters. The van der Waals surface area contributed by atoms with Gasteiger partial charge in [0.05, 0.1) is 15.0 Å². The van der Waals surface area contributed by atoms with Crippen molar-refractivity contribution in [1.29, 1.82) is 0 Å². The summed E-state index contributed by atoms with van der Waals surface area (Å²) in [6.07, 6.45) is 1.26. The van der Waals surface area contributed by atoms with E-state index in [2.05, 4.69) is 15.3 Å². The van der Waals surface area contributed by atoms with Gasteiger partial charge in [0.1, 0.15) is 6.33 Å². The lowest BCUT2D eigenvalue weighted by Gasteiger charge is -2.06. The molecule has 0 aliphatic carbocycles. The average Bonchev–Trinajstić information content (AvgIpc) is 2.42. The Balaban J connectivity index is 2.42. The molecule has 2 aromatic rings. The lowest BCUT2D eigenvalue weighted by molar-refractivity contribution is -0.387. The Morgan fingerprint density at radius 3 is 2.65 bits per heavy atom. The highest BCUT2D eigenvalue weighted by Crippen LogP contribution is 2.38. The Kier molecular flexibility index (Phi) is 4.64. The number of halogens is 2. The number of aromatic nitrogens is 2. The molecule has 0 saturated heterocycles. The number of benzene rings is 1. The minimum Gasteiger partial charge on any atom is -0.367 e. The van der Waals surface area contributed by atoms with Crippen molar-refractivity contribution in [2.45, 2.75) is 9.92 Å². The van der Waals surface area contributed by atoms with Crippen LogP contribution in [-0.2, 0) is 0 Å². The molecule has 0 radical (unpaired) electrons. The van der Waals surface area contributed by atoms with Crippen LogP contribution in [0.3, 0.4) is 0 Å². The summed E-state index contributed by atoms with van der Waals surface area (Å²) in [5, 5.41) is 14.8. The third-order valence-electron chi connectivity index (χ3n) is 2.31. The third kappa shape index (κ3) is 3.12. The zero-order valence-electron chi connectivity index (χ0n) is 10.1. The van der Waals surface area contributed by atoms with E-state index in [-0.39, 0.29) is 16.5 Å². The van der Waals surface area contributed by atoms with E-state index in [0.29, 0.717) is 14.9 Å². The molecule has 1 N–H and O–H groups in total. The summed E-state index contributed by atoms with van der Waals surface area (Å²) in [4.78, 5) is 19.1. The molecule has 0 amide bonds. The van der Waals surface area contributed by atoms with Gasteiger partial charge in [-0.25, -0.2) is 9.97 Å². The normalized spacial score (nSPS) is 10.3. The Hall–Kier alpha value is -1.57. The summed E-state index contributed by atoms with van der Waals surface area (Å²) in [5.74, 6) is 0.160. The molecule has 1 aromatic heterocycles. The second-order valence-electron chi connectivity index (χ2n) is 3.56. The first-order valence-electron chi connectivity index (χ1n) is 5.33. The molecule has 9 heteroatoms. The molecule has 0 spiro atoms.